The summed E-state index contributed by atoms with van der Waals surface area (Å²) in [5.74, 6) is 0.479. The van der Waals surface area contributed by atoms with Crippen molar-refractivity contribution < 1.29 is 4.79 Å². The van der Waals surface area contributed by atoms with Gasteiger partial charge in [0.15, 0.2) is 0 Å². The number of carbonyl (C=O) groups is 1. The van der Waals surface area contributed by atoms with Crippen LogP contribution in [0.25, 0.3) is 10.8 Å². The second kappa shape index (κ2) is 4.97. The third kappa shape index (κ3) is 2.31. The maximum absolute atomic E-state index is 11.9. The third-order valence-corrected chi connectivity index (χ3v) is 3.72. The van der Waals surface area contributed by atoms with E-state index in [9.17, 15) is 4.79 Å². The van der Waals surface area contributed by atoms with Gasteiger partial charge in [-0.1, -0.05) is 24.3 Å². The number of nitrogens with two attached hydrogens (primary N) is 1. The minimum absolute atomic E-state index is 0.185. The molecule has 4 heteroatoms. The molecule has 1 atom stereocenters. The van der Waals surface area contributed by atoms with Gasteiger partial charge in [-0.15, -0.1) is 0 Å². The zero-order valence-electron chi connectivity index (χ0n) is 10.7. The number of rotatable bonds is 3. The monoisotopic (exact) mass is 255 g/mol. The predicted octanol–water partition coefficient (Wildman–Crippen LogP) is 1.54. The summed E-state index contributed by atoms with van der Waals surface area (Å²) in [4.78, 5) is 18.2. The Hall–Kier alpha value is -1.94. The Morgan fingerprint density at radius 2 is 2.16 bits per heavy atom. The van der Waals surface area contributed by atoms with Crippen molar-refractivity contribution in [1.82, 2.24) is 9.88 Å². The van der Waals surface area contributed by atoms with Crippen LogP contribution in [-0.2, 0) is 11.3 Å². The highest BCUT2D eigenvalue weighted by molar-refractivity contribution is 5.85. The zero-order chi connectivity index (χ0) is 13.2. The normalized spacial score (nSPS) is 19.3. The summed E-state index contributed by atoms with van der Waals surface area (Å²) in [6.07, 6.45) is 2.37. The van der Waals surface area contributed by atoms with E-state index in [-0.39, 0.29) is 5.91 Å². The molecule has 0 radical (unpaired) electrons. The molecule has 1 aliphatic rings. The van der Waals surface area contributed by atoms with Crippen LogP contribution < -0.4 is 5.73 Å². The van der Waals surface area contributed by atoms with Crippen molar-refractivity contribution in [3.63, 3.8) is 0 Å². The fourth-order valence-electron chi connectivity index (χ4n) is 2.65. The van der Waals surface area contributed by atoms with Crippen LogP contribution in [0.5, 0.6) is 0 Å². The van der Waals surface area contributed by atoms with Crippen LogP contribution in [0.3, 0.4) is 0 Å². The first-order valence-electron chi connectivity index (χ1n) is 6.58. The summed E-state index contributed by atoms with van der Waals surface area (Å²) >= 11 is 0. The fraction of sp³-hybridized carbons (Fsp3) is 0.333. The van der Waals surface area contributed by atoms with Gasteiger partial charge in [-0.2, -0.15) is 0 Å². The van der Waals surface area contributed by atoms with Crippen molar-refractivity contribution in [1.29, 1.82) is 0 Å². The summed E-state index contributed by atoms with van der Waals surface area (Å²) in [5, 5.41) is 2.28. The Morgan fingerprint density at radius 3 is 2.95 bits per heavy atom. The van der Waals surface area contributed by atoms with Gasteiger partial charge in [0.05, 0.1) is 12.2 Å². The van der Waals surface area contributed by atoms with Crippen LogP contribution in [0.1, 0.15) is 12.1 Å². The van der Waals surface area contributed by atoms with Crippen LogP contribution in [0.2, 0.25) is 0 Å². The maximum atomic E-state index is 11.9. The van der Waals surface area contributed by atoms with Crippen LogP contribution in [-0.4, -0.2) is 28.9 Å². The van der Waals surface area contributed by atoms with Crippen LogP contribution in [0.4, 0.5) is 0 Å². The number of aromatic nitrogens is 1. The molecule has 3 rings (SSSR count). The number of likely N-dealkylation sites (tertiary alicyclic amines) is 1. The predicted molar refractivity (Wildman–Crippen MR) is 74.3 cm³/mol. The first-order chi connectivity index (χ1) is 9.28. The first kappa shape index (κ1) is 12.1. The maximum Gasteiger partial charge on any atom is 0.223 e. The lowest BCUT2D eigenvalue weighted by atomic mass is 10.1. The van der Waals surface area contributed by atoms with E-state index in [4.69, 9.17) is 5.73 Å². The van der Waals surface area contributed by atoms with Gasteiger partial charge < -0.3 is 10.6 Å². The molecule has 2 heterocycles. The van der Waals surface area contributed by atoms with Crippen molar-refractivity contribution in [2.24, 2.45) is 11.7 Å². The van der Waals surface area contributed by atoms with Gasteiger partial charge in [-0.05, 0) is 23.9 Å². The molecule has 1 aliphatic heterocycles. The molecule has 4 nitrogen and oxygen atoms in total. The van der Waals surface area contributed by atoms with Gasteiger partial charge in [-0.3, -0.25) is 9.78 Å². The standard InChI is InChI=1S/C15H17N3O/c16-8-11-7-15(19)18(9-11)10-14-13-4-2-1-3-12(13)5-6-17-14/h1-6,11H,7-10,16H2. The van der Waals surface area contributed by atoms with Gasteiger partial charge in [-0.25, -0.2) is 0 Å². The third-order valence-electron chi connectivity index (χ3n) is 3.72. The molecule has 1 fully saturated rings. The zero-order valence-corrected chi connectivity index (χ0v) is 10.7. The van der Waals surface area contributed by atoms with E-state index < -0.39 is 0 Å². The molecule has 19 heavy (non-hydrogen) atoms. The van der Waals surface area contributed by atoms with E-state index in [2.05, 4.69) is 17.1 Å². The highest BCUT2D eigenvalue weighted by Gasteiger charge is 2.28. The van der Waals surface area contributed by atoms with Crippen LogP contribution in [0, 0.1) is 5.92 Å². The lowest BCUT2D eigenvalue weighted by Gasteiger charge is -2.17. The Bertz CT molecular complexity index is 606. The number of carbonyl (C=O) groups excluding carboxylic acids is 1. The quantitative estimate of drug-likeness (QED) is 0.905. The minimum atomic E-state index is 0.185. The number of pyridine rings is 1. The molecule has 98 valence electrons. The molecule has 0 bridgehead atoms. The molecular formula is C15H17N3O. The Balaban J connectivity index is 1.88. The largest absolute Gasteiger partial charge is 0.336 e. The van der Waals surface area contributed by atoms with Gasteiger partial charge in [0.1, 0.15) is 0 Å². The topological polar surface area (TPSA) is 59.2 Å². The summed E-state index contributed by atoms with van der Waals surface area (Å²) in [5.41, 5.74) is 6.61. The van der Waals surface area contributed by atoms with Crippen molar-refractivity contribution in [2.75, 3.05) is 13.1 Å². The SMILES string of the molecule is NCC1CC(=O)N(Cc2nccc3ccccc23)C1. The van der Waals surface area contributed by atoms with E-state index >= 15 is 0 Å². The second-order valence-corrected chi connectivity index (χ2v) is 5.06. The molecule has 0 aliphatic carbocycles. The smallest absolute Gasteiger partial charge is 0.223 e. The summed E-state index contributed by atoms with van der Waals surface area (Å²) < 4.78 is 0. The second-order valence-electron chi connectivity index (χ2n) is 5.06. The van der Waals surface area contributed by atoms with Crippen molar-refractivity contribution in [3.8, 4) is 0 Å². The highest BCUT2D eigenvalue weighted by atomic mass is 16.2. The molecule has 2 aromatic rings. The Morgan fingerprint density at radius 1 is 1.32 bits per heavy atom. The van der Waals surface area contributed by atoms with Gasteiger partial charge in [0.25, 0.3) is 0 Å². The lowest BCUT2D eigenvalue weighted by molar-refractivity contribution is -0.128. The molecule has 1 unspecified atom stereocenters. The minimum Gasteiger partial charge on any atom is -0.336 e. The van der Waals surface area contributed by atoms with E-state index in [1.54, 1.807) is 6.20 Å². The average molecular weight is 255 g/mol. The number of benzene rings is 1. The molecule has 1 saturated heterocycles. The average Bonchev–Trinajstić information content (AvgIpc) is 2.80. The van der Waals surface area contributed by atoms with E-state index in [1.807, 2.05) is 23.1 Å². The van der Waals surface area contributed by atoms with E-state index in [1.165, 1.54) is 0 Å². The fourth-order valence-corrected chi connectivity index (χ4v) is 2.65. The van der Waals surface area contributed by atoms with Gasteiger partial charge >= 0.3 is 0 Å². The number of nitrogens with zero attached hydrogens (tertiary/aromatic N) is 2. The van der Waals surface area contributed by atoms with Crippen LogP contribution in [0.15, 0.2) is 36.5 Å². The molecule has 0 spiro atoms. The number of amides is 1. The number of fused-ring (bicyclic) bond motifs is 1. The van der Waals surface area contributed by atoms with Crippen molar-refractivity contribution in [3.05, 3.63) is 42.2 Å². The molecule has 1 aromatic heterocycles. The molecule has 0 saturated carbocycles. The van der Waals surface area contributed by atoms with Gasteiger partial charge in [0, 0.05) is 24.5 Å². The van der Waals surface area contributed by atoms with Crippen molar-refractivity contribution in [2.45, 2.75) is 13.0 Å². The van der Waals surface area contributed by atoms with Gasteiger partial charge in [0.2, 0.25) is 5.91 Å². The molecule has 1 amide bonds. The molecule has 1 aromatic carbocycles. The number of hydrogen-bond donors (Lipinski definition) is 1. The summed E-state index contributed by atoms with van der Waals surface area (Å²) in [6, 6.07) is 10.1. The van der Waals surface area contributed by atoms with Crippen molar-refractivity contribution >= 4 is 16.7 Å². The lowest BCUT2D eigenvalue weighted by Crippen LogP contribution is -2.26. The van der Waals surface area contributed by atoms with E-state index in [0.29, 0.717) is 25.4 Å². The summed E-state index contributed by atoms with van der Waals surface area (Å²) in [6.45, 7) is 1.90. The van der Waals surface area contributed by atoms with E-state index in [0.717, 1.165) is 23.0 Å². The van der Waals surface area contributed by atoms with Crippen LogP contribution >= 0.6 is 0 Å². The highest BCUT2D eigenvalue weighted by Crippen LogP contribution is 2.22. The molecular weight excluding hydrogens is 238 g/mol. The Kier molecular flexibility index (Phi) is 3.17. The summed E-state index contributed by atoms with van der Waals surface area (Å²) in [7, 11) is 0. The Labute approximate surface area is 112 Å². The first-order valence-corrected chi connectivity index (χ1v) is 6.58. The number of hydrogen-bond acceptors (Lipinski definition) is 3. The molecule has 2 N–H and O–H groups in total.